The lowest BCUT2D eigenvalue weighted by atomic mass is 10.2. The first-order valence-corrected chi connectivity index (χ1v) is 9.23. The molecule has 0 fully saturated rings. The Kier molecular flexibility index (Phi) is 5.90. The van der Waals surface area contributed by atoms with Crippen LogP contribution in [0.5, 0.6) is 0 Å². The van der Waals surface area contributed by atoms with Gasteiger partial charge in [0.1, 0.15) is 11.6 Å². The van der Waals surface area contributed by atoms with Gasteiger partial charge >= 0.3 is 0 Å². The van der Waals surface area contributed by atoms with Gasteiger partial charge in [0.15, 0.2) is 0 Å². The Balaban J connectivity index is 2.22. The Bertz CT molecular complexity index is 809. The van der Waals surface area contributed by atoms with Gasteiger partial charge in [0, 0.05) is 6.54 Å². The van der Waals surface area contributed by atoms with Crippen molar-refractivity contribution in [2.45, 2.75) is 31.7 Å². The molecule has 0 saturated heterocycles. The van der Waals surface area contributed by atoms with Crippen molar-refractivity contribution >= 4 is 15.8 Å². The minimum absolute atomic E-state index is 0.0854. The van der Waals surface area contributed by atoms with E-state index in [1.165, 1.54) is 12.1 Å². The van der Waals surface area contributed by atoms with Crippen LogP contribution in [0.3, 0.4) is 0 Å². The van der Waals surface area contributed by atoms with E-state index < -0.39 is 15.8 Å². The van der Waals surface area contributed by atoms with E-state index in [4.69, 9.17) is 0 Å². The summed E-state index contributed by atoms with van der Waals surface area (Å²) in [5.74, 6) is -0.370. The molecule has 0 radical (unpaired) electrons. The van der Waals surface area contributed by atoms with E-state index in [0.717, 1.165) is 24.7 Å². The summed E-state index contributed by atoms with van der Waals surface area (Å²) >= 11 is 0. The maximum absolute atomic E-state index is 13.4. The van der Waals surface area contributed by atoms with Crippen molar-refractivity contribution in [3.63, 3.8) is 0 Å². The predicted octanol–water partition coefficient (Wildman–Crippen LogP) is 3.17. The van der Waals surface area contributed by atoms with Crippen molar-refractivity contribution in [3.05, 3.63) is 53.5 Å². The van der Waals surface area contributed by atoms with Crippen molar-refractivity contribution in [1.29, 1.82) is 0 Å². The lowest BCUT2D eigenvalue weighted by Crippen LogP contribution is -2.20. The minimum atomic E-state index is -3.89. The summed E-state index contributed by atoms with van der Waals surface area (Å²) in [7, 11) is -1.90. The van der Waals surface area contributed by atoms with Crippen LogP contribution in [0, 0.1) is 12.7 Å². The highest BCUT2D eigenvalue weighted by Gasteiger charge is 2.18. The molecule has 7 heteroatoms. The van der Waals surface area contributed by atoms with Crippen molar-refractivity contribution < 1.29 is 12.8 Å². The van der Waals surface area contributed by atoms with Crippen LogP contribution < -0.4 is 4.72 Å². The van der Waals surface area contributed by atoms with Crippen LogP contribution in [-0.2, 0) is 16.6 Å². The van der Waals surface area contributed by atoms with E-state index in [1.807, 2.05) is 13.1 Å². The fourth-order valence-electron chi connectivity index (χ4n) is 2.42. The highest BCUT2D eigenvalue weighted by Crippen LogP contribution is 2.19. The highest BCUT2D eigenvalue weighted by molar-refractivity contribution is 7.92. The molecule has 1 aromatic heterocycles. The molecule has 2 aromatic rings. The summed E-state index contributed by atoms with van der Waals surface area (Å²) in [4.78, 5) is 6.36. The molecule has 2 rings (SSSR count). The van der Waals surface area contributed by atoms with Crippen LogP contribution in [0.1, 0.15) is 24.6 Å². The molecule has 130 valence electrons. The zero-order valence-electron chi connectivity index (χ0n) is 14.1. The number of sulfonamides is 1. The van der Waals surface area contributed by atoms with Crippen LogP contribution in [0.25, 0.3) is 0 Å². The highest BCUT2D eigenvalue weighted by atomic mass is 32.2. The van der Waals surface area contributed by atoms with Crippen molar-refractivity contribution in [2.24, 2.45) is 0 Å². The lowest BCUT2D eigenvalue weighted by Gasteiger charge is -2.15. The normalized spacial score (nSPS) is 11.7. The first-order valence-electron chi connectivity index (χ1n) is 7.75. The largest absolute Gasteiger partial charge is 0.301 e. The minimum Gasteiger partial charge on any atom is -0.301 e. The molecule has 1 N–H and O–H groups in total. The Morgan fingerprint density at radius 1 is 1.25 bits per heavy atom. The van der Waals surface area contributed by atoms with E-state index in [1.54, 1.807) is 19.1 Å². The van der Waals surface area contributed by atoms with E-state index in [0.29, 0.717) is 12.1 Å². The van der Waals surface area contributed by atoms with E-state index >= 15 is 0 Å². The number of anilines is 1. The Morgan fingerprint density at radius 3 is 2.71 bits per heavy atom. The Morgan fingerprint density at radius 2 is 2.00 bits per heavy atom. The van der Waals surface area contributed by atoms with E-state index in [2.05, 4.69) is 21.5 Å². The van der Waals surface area contributed by atoms with Gasteiger partial charge in [0.05, 0.1) is 10.6 Å². The lowest BCUT2D eigenvalue weighted by molar-refractivity contribution is 0.324. The number of halogens is 1. The fraction of sp³-hybridized carbons (Fsp3) is 0.353. The molecular weight excluding hydrogens is 329 g/mol. The molecule has 0 amide bonds. The average molecular weight is 351 g/mol. The second-order valence-corrected chi connectivity index (χ2v) is 7.42. The first-order chi connectivity index (χ1) is 11.3. The number of nitrogens with one attached hydrogen (secondary N) is 1. The molecule has 5 nitrogen and oxygen atoms in total. The summed E-state index contributed by atoms with van der Waals surface area (Å²) < 4.78 is 40.8. The first kappa shape index (κ1) is 18.4. The summed E-state index contributed by atoms with van der Waals surface area (Å²) in [5, 5.41) is 0. The number of benzene rings is 1. The molecule has 0 aliphatic rings. The third-order valence-electron chi connectivity index (χ3n) is 3.52. The molecule has 1 heterocycles. The summed E-state index contributed by atoms with van der Waals surface area (Å²) in [5.41, 5.74) is 1.24. The van der Waals surface area contributed by atoms with Crippen LogP contribution in [0.4, 0.5) is 10.2 Å². The zero-order valence-corrected chi connectivity index (χ0v) is 14.9. The standard InChI is InChI=1S/C17H22FN3O2S/c1-4-10-21(3)12-15-6-5-7-17(19-15)20-24(22,23)16-11-14(18)9-8-13(16)2/h5-9,11H,4,10,12H2,1-3H3,(H,19,20). The quantitative estimate of drug-likeness (QED) is 0.832. The molecule has 0 aliphatic carbocycles. The molecule has 24 heavy (non-hydrogen) atoms. The number of rotatable bonds is 7. The van der Waals surface area contributed by atoms with Gasteiger partial charge in [-0.2, -0.15) is 0 Å². The number of pyridine rings is 1. The van der Waals surface area contributed by atoms with Gasteiger partial charge in [-0.05, 0) is 56.8 Å². The summed E-state index contributed by atoms with van der Waals surface area (Å²) in [6.45, 7) is 5.27. The zero-order chi connectivity index (χ0) is 17.7. The van der Waals surface area contributed by atoms with Gasteiger partial charge in [0.2, 0.25) is 0 Å². The second-order valence-electron chi connectivity index (χ2n) is 5.77. The molecule has 1 aromatic carbocycles. The molecule has 0 spiro atoms. The third kappa shape index (κ3) is 4.75. The molecule has 0 aliphatic heterocycles. The molecule has 0 atom stereocenters. The molecule has 0 bridgehead atoms. The Hall–Kier alpha value is -1.99. The fourth-order valence-corrected chi connectivity index (χ4v) is 3.68. The number of aromatic nitrogens is 1. The van der Waals surface area contributed by atoms with Crippen LogP contribution in [0.15, 0.2) is 41.3 Å². The van der Waals surface area contributed by atoms with Crippen LogP contribution in [-0.4, -0.2) is 31.9 Å². The van der Waals surface area contributed by atoms with Gasteiger partial charge in [0.25, 0.3) is 10.0 Å². The van der Waals surface area contributed by atoms with Crippen LogP contribution >= 0.6 is 0 Å². The molecule has 0 saturated carbocycles. The number of aryl methyl sites for hydroxylation is 1. The van der Waals surface area contributed by atoms with Crippen molar-refractivity contribution in [3.8, 4) is 0 Å². The second kappa shape index (κ2) is 7.72. The number of hydrogen-bond acceptors (Lipinski definition) is 4. The van der Waals surface area contributed by atoms with Gasteiger partial charge in [-0.25, -0.2) is 17.8 Å². The molecule has 0 unspecified atom stereocenters. The monoisotopic (exact) mass is 351 g/mol. The van der Waals surface area contributed by atoms with E-state index in [9.17, 15) is 12.8 Å². The SMILES string of the molecule is CCCN(C)Cc1cccc(NS(=O)(=O)c2cc(F)ccc2C)n1. The smallest absolute Gasteiger partial charge is 0.263 e. The van der Waals surface area contributed by atoms with Crippen LogP contribution in [0.2, 0.25) is 0 Å². The van der Waals surface area contributed by atoms with Gasteiger partial charge < -0.3 is 4.90 Å². The summed E-state index contributed by atoms with van der Waals surface area (Å²) in [6.07, 6.45) is 1.03. The number of hydrogen-bond donors (Lipinski definition) is 1. The number of nitrogens with zero attached hydrogens (tertiary/aromatic N) is 2. The maximum Gasteiger partial charge on any atom is 0.263 e. The van der Waals surface area contributed by atoms with Gasteiger partial charge in [-0.1, -0.05) is 19.1 Å². The molecular formula is C17H22FN3O2S. The maximum atomic E-state index is 13.4. The van der Waals surface area contributed by atoms with Crippen molar-refractivity contribution in [2.75, 3.05) is 18.3 Å². The van der Waals surface area contributed by atoms with E-state index in [-0.39, 0.29) is 10.7 Å². The van der Waals surface area contributed by atoms with Gasteiger partial charge in [-0.3, -0.25) is 4.72 Å². The van der Waals surface area contributed by atoms with Gasteiger partial charge in [-0.15, -0.1) is 0 Å². The average Bonchev–Trinajstić information content (AvgIpc) is 2.49. The third-order valence-corrected chi connectivity index (χ3v) is 5.02. The summed E-state index contributed by atoms with van der Waals surface area (Å²) in [6, 6.07) is 8.85. The van der Waals surface area contributed by atoms with Crippen molar-refractivity contribution in [1.82, 2.24) is 9.88 Å². The topological polar surface area (TPSA) is 62.3 Å². The Labute approximate surface area is 142 Å². The predicted molar refractivity (Wildman–Crippen MR) is 92.8 cm³/mol.